The first-order valence-electron chi connectivity index (χ1n) is 5.86. The molecule has 0 saturated carbocycles. The Kier molecular flexibility index (Phi) is 4.48. The highest BCUT2D eigenvalue weighted by atomic mass is 16.6. The van der Waals surface area contributed by atoms with Crippen molar-refractivity contribution >= 4 is 11.5 Å². The van der Waals surface area contributed by atoms with Crippen LogP contribution in [0.25, 0.3) is 0 Å². The first-order valence-corrected chi connectivity index (χ1v) is 5.86. The second-order valence-electron chi connectivity index (χ2n) is 5.12. The number of nitrogens with zero attached hydrogens (tertiary/aromatic N) is 4. The topological polar surface area (TPSA) is 105 Å². The Morgan fingerprint density at radius 1 is 1.47 bits per heavy atom. The zero-order valence-corrected chi connectivity index (χ0v) is 11.6. The van der Waals surface area contributed by atoms with Crippen molar-refractivity contribution in [3.63, 3.8) is 0 Å². The Morgan fingerprint density at radius 2 is 2.00 bits per heavy atom. The Hall–Kier alpha value is -1.67. The van der Waals surface area contributed by atoms with Gasteiger partial charge in [-0.25, -0.2) is 4.68 Å². The van der Waals surface area contributed by atoms with Gasteiger partial charge in [0.25, 0.3) is 0 Å². The molecule has 0 aliphatic rings. The summed E-state index contributed by atoms with van der Waals surface area (Å²) in [5, 5.41) is 33.7. The van der Waals surface area contributed by atoms with Crippen molar-refractivity contribution in [3.05, 3.63) is 15.8 Å². The van der Waals surface area contributed by atoms with Gasteiger partial charge >= 0.3 is 5.69 Å². The molecule has 8 heteroatoms. The number of aryl methyl sites for hydroxylation is 2. The number of nitro groups is 1. The molecule has 1 aromatic heterocycles. The molecule has 1 rings (SSSR count). The second kappa shape index (κ2) is 5.54. The van der Waals surface area contributed by atoms with Crippen LogP contribution in [0.4, 0.5) is 11.5 Å². The molecule has 0 aliphatic heterocycles. The lowest BCUT2D eigenvalue weighted by atomic mass is 9.92. The van der Waals surface area contributed by atoms with Crippen LogP contribution in [0.15, 0.2) is 0 Å². The normalized spacial score (nSPS) is 11.7. The highest BCUT2D eigenvalue weighted by Gasteiger charge is 2.31. The minimum Gasteiger partial charge on any atom is -0.396 e. The summed E-state index contributed by atoms with van der Waals surface area (Å²) in [6.45, 7) is 3.14. The molecule has 0 saturated heterocycles. The lowest BCUT2D eigenvalue weighted by Gasteiger charge is -2.30. The Balaban J connectivity index is 3.13. The van der Waals surface area contributed by atoms with Gasteiger partial charge in [0.1, 0.15) is 5.69 Å². The van der Waals surface area contributed by atoms with E-state index in [1.807, 2.05) is 0 Å². The fourth-order valence-electron chi connectivity index (χ4n) is 2.07. The number of anilines is 1. The standard InChI is InChI=1S/C11H20N4O4/c1-8-9(15(18)19)10(14(4)12-8)13(3)5-11(2,6-16)7-17/h16-17H,5-7H2,1-4H3. The number of aromatic nitrogens is 2. The molecule has 0 unspecified atom stereocenters. The maximum atomic E-state index is 11.1. The van der Waals surface area contributed by atoms with Gasteiger partial charge in [-0.2, -0.15) is 5.10 Å². The van der Waals surface area contributed by atoms with Crippen molar-refractivity contribution in [2.24, 2.45) is 12.5 Å². The van der Waals surface area contributed by atoms with Crippen molar-refractivity contribution in [2.75, 3.05) is 31.7 Å². The molecule has 0 aliphatic carbocycles. The van der Waals surface area contributed by atoms with Crippen LogP contribution in [0.3, 0.4) is 0 Å². The molecular weight excluding hydrogens is 252 g/mol. The van der Waals surface area contributed by atoms with Gasteiger partial charge in [0.15, 0.2) is 0 Å². The molecule has 1 heterocycles. The molecule has 0 amide bonds. The third-order valence-corrected chi connectivity index (χ3v) is 3.09. The first-order chi connectivity index (χ1) is 8.75. The van der Waals surface area contributed by atoms with Crippen LogP contribution in [-0.4, -0.2) is 51.7 Å². The van der Waals surface area contributed by atoms with Gasteiger partial charge in [0.05, 0.1) is 18.1 Å². The molecule has 0 radical (unpaired) electrons. The highest BCUT2D eigenvalue weighted by Crippen LogP contribution is 2.31. The maximum absolute atomic E-state index is 11.1. The summed E-state index contributed by atoms with van der Waals surface area (Å²) >= 11 is 0. The Bertz CT molecular complexity index is 468. The van der Waals surface area contributed by atoms with Gasteiger partial charge in [-0.1, -0.05) is 6.92 Å². The summed E-state index contributed by atoms with van der Waals surface area (Å²) < 4.78 is 1.43. The predicted molar refractivity (Wildman–Crippen MR) is 70.1 cm³/mol. The van der Waals surface area contributed by atoms with Crippen molar-refractivity contribution in [3.8, 4) is 0 Å². The molecule has 19 heavy (non-hydrogen) atoms. The van der Waals surface area contributed by atoms with Crippen molar-refractivity contribution in [2.45, 2.75) is 13.8 Å². The maximum Gasteiger partial charge on any atom is 0.333 e. The number of aliphatic hydroxyl groups excluding tert-OH is 2. The van der Waals surface area contributed by atoms with E-state index in [0.29, 0.717) is 11.5 Å². The largest absolute Gasteiger partial charge is 0.396 e. The molecule has 2 N–H and O–H groups in total. The number of aliphatic hydroxyl groups is 2. The van der Waals surface area contributed by atoms with Gasteiger partial charge in [0.2, 0.25) is 5.82 Å². The summed E-state index contributed by atoms with van der Waals surface area (Å²) in [5.74, 6) is 0.357. The first kappa shape index (κ1) is 15.4. The van der Waals surface area contributed by atoms with Gasteiger partial charge in [-0.05, 0) is 6.92 Å². The molecule has 0 atom stereocenters. The summed E-state index contributed by atoms with van der Waals surface area (Å²) in [6.07, 6.45) is 0. The zero-order chi connectivity index (χ0) is 14.8. The lowest BCUT2D eigenvalue weighted by molar-refractivity contribution is -0.384. The van der Waals surface area contributed by atoms with Gasteiger partial charge in [0, 0.05) is 26.1 Å². The quantitative estimate of drug-likeness (QED) is 0.560. The minimum absolute atomic E-state index is 0.0526. The lowest BCUT2D eigenvalue weighted by Crippen LogP contribution is -2.39. The third kappa shape index (κ3) is 3.02. The van der Waals surface area contributed by atoms with Crippen LogP contribution >= 0.6 is 0 Å². The minimum atomic E-state index is -0.735. The summed E-state index contributed by atoms with van der Waals surface area (Å²) in [7, 11) is 3.30. The molecule has 8 nitrogen and oxygen atoms in total. The summed E-state index contributed by atoms with van der Waals surface area (Å²) in [5.41, 5.74) is -0.451. The molecule has 1 aromatic rings. The zero-order valence-electron chi connectivity index (χ0n) is 11.6. The van der Waals surface area contributed by atoms with E-state index >= 15 is 0 Å². The summed E-state index contributed by atoms with van der Waals surface area (Å²) in [4.78, 5) is 12.3. The van der Waals surface area contributed by atoms with E-state index in [-0.39, 0.29) is 25.4 Å². The van der Waals surface area contributed by atoms with Crippen LogP contribution in [0.1, 0.15) is 12.6 Å². The Morgan fingerprint density at radius 3 is 2.42 bits per heavy atom. The molecule has 0 bridgehead atoms. The molecule has 0 aromatic carbocycles. The number of hydrogen-bond acceptors (Lipinski definition) is 6. The van der Waals surface area contributed by atoms with Crippen molar-refractivity contribution < 1.29 is 15.1 Å². The fourth-order valence-corrected chi connectivity index (χ4v) is 2.07. The average molecular weight is 272 g/mol. The van der Waals surface area contributed by atoms with E-state index in [2.05, 4.69) is 5.10 Å². The molecule has 0 spiro atoms. The predicted octanol–water partition coefficient (Wildman–Crippen LogP) is 0.0638. The Labute approximate surface area is 111 Å². The van der Waals surface area contributed by atoms with E-state index in [1.165, 1.54) is 4.68 Å². The number of hydrogen-bond donors (Lipinski definition) is 2. The average Bonchev–Trinajstić information content (AvgIpc) is 2.64. The van der Waals surface area contributed by atoms with Crippen LogP contribution in [0.2, 0.25) is 0 Å². The van der Waals surface area contributed by atoms with Crippen LogP contribution < -0.4 is 4.90 Å². The molecule has 0 fully saturated rings. The van der Waals surface area contributed by atoms with Gasteiger partial charge in [-0.15, -0.1) is 0 Å². The van der Waals surface area contributed by atoms with E-state index in [9.17, 15) is 20.3 Å². The van der Waals surface area contributed by atoms with E-state index in [4.69, 9.17) is 0 Å². The third-order valence-electron chi connectivity index (χ3n) is 3.09. The fraction of sp³-hybridized carbons (Fsp3) is 0.727. The second-order valence-corrected chi connectivity index (χ2v) is 5.12. The van der Waals surface area contributed by atoms with Crippen LogP contribution in [0, 0.1) is 22.5 Å². The monoisotopic (exact) mass is 272 g/mol. The van der Waals surface area contributed by atoms with E-state index < -0.39 is 10.3 Å². The highest BCUT2D eigenvalue weighted by molar-refractivity contribution is 5.60. The van der Waals surface area contributed by atoms with Gasteiger partial charge < -0.3 is 15.1 Å². The van der Waals surface area contributed by atoms with Gasteiger partial charge in [-0.3, -0.25) is 10.1 Å². The molecule has 108 valence electrons. The van der Waals surface area contributed by atoms with Crippen LogP contribution in [-0.2, 0) is 7.05 Å². The summed E-state index contributed by atoms with van der Waals surface area (Å²) in [6, 6.07) is 0. The van der Waals surface area contributed by atoms with Crippen molar-refractivity contribution in [1.29, 1.82) is 0 Å². The smallest absolute Gasteiger partial charge is 0.333 e. The van der Waals surface area contributed by atoms with Crippen molar-refractivity contribution in [1.82, 2.24) is 9.78 Å². The van der Waals surface area contributed by atoms with E-state index in [0.717, 1.165) is 0 Å². The van der Waals surface area contributed by atoms with Crippen LogP contribution in [0.5, 0.6) is 0 Å². The van der Waals surface area contributed by atoms with E-state index in [1.54, 1.807) is 32.8 Å². The number of rotatable bonds is 6. The SMILES string of the molecule is Cc1nn(C)c(N(C)CC(C)(CO)CO)c1[N+](=O)[O-]. The molecular formula is C11H20N4O4.